The van der Waals surface area contributed by atoms with Gasteiger partial charge in [0, 0.05) is 47.7 Å². The number of anilines is 1. The van der Waals surface area contributed by atoms with Crippen molar-refractivity contribution >= 4 is 30.0 Å². The van der Waals surface area contributed by atoms with Crippen molar-refractivity contribution in [3.8, 4) is 0 Å². The number of hydrogen-bond donors (Lipinski definition) is 2. The first-order chi connectivity index (χ1) is 19.6. The molecule has 1 aliphatic carbocycles. The van der Waals surface area contributed by atoms with Crippen LogP contribution in [0.15, 0.2) is 42.9 Å². The zero-order chi connectivity index (χ0) is 30.9. The fourth-order valence-corrected chi connectivity index (χ4v) is 5.15. The summed E-state index contributed by atoms with van der Waals surface area (Å²) in [6.45, 7) is 15.0. The molecule has 0 aromatic carbocycles. The number of nitrogens with one attached hydrogen (secondary N) is 1. The van der Waals surface area contributed by atoms with Gasteiger partial charge in [-0.25, -0.2) is 24.3 Å². The lowest BCUT2D eigenvalue weighted by molar-refractivity contribution is 0.00118. The average molecular weight is 577 g/mol. The molecule has 2 aromatic rings. The number of ether oxygens (including phenoxy) is 2. The van der Waals surface area contributed by atoms with Crippen molar-refractivity contribution in [2.24, 2.45) is 0 Å². The van der Waals surface area contributed by atoms with E-state index in [1.807, 2.05) is 12.2 Å². The van der Waals surface area contributed by atoms with Gasteiger partial charge in [0.1, 0.15) is 17.0 Å². The monoisotopic (exact) mass is 576 g/mol. The number of carbonyl (C=O) groups is 3. The van der Waals surface area contributed by atoms with Gasteiger partial charge in [-0.1, -0.05) is 18.7 Å². The largest absolute Gasteiger partial charge is 0.478 e. The van der Waals surface area contributed by atoms with E-state index in [1.165, 1.54) is 6.20 Å². The number of carboxylic acid groups (broad SMARTS) is 1. The summed E-state index contributed by atoms with van der Waals surface area (Å²) >= 11 is 0. The van der Waals surface area contributed by atoms with E-state index in [9.17, 15) is 19.5 Å². The number of fused-ring (bicyclic) bond motifs is 3. The maximum Gasteiger partial charge on any atom is 0.419 e. The maximum absolute atomic E-state index is 12.7. The van der Waals surface area contributed by atoms with Crippen molar-refractivity contribution in [2.45, 2.75) is 90.3 Å². The summed E-state index contributed by atoms with van der Waals surface area (Å²) < 4.78 is 10.8. The first-order valence-electron chi connectivity index (χ1n) is 14.2. The van der Waals surface area contributed by atoms with Gasteiger partial charge in [-0.2, -0.15) is 0 Å². The van der Waals surface area contributed by atoms with Gasteiger partial charge in [0.15, 0.2) is 0 Å². The van der Waals surface area contributed by atoms with Crippen LogP contribution in [0.2, 0.25) is 0 Å². The summed E-state index contributed by atoms with van der Waals surface area (Å²) in [7, 11) is 0. The third-order valence-electron chi connectivity index (χ3n) is 7.08. The molecule has 1 aliphatic heterocycles. The molecule has 0 saturated carbocycles. The van der Waals surface area contributed by atoms with Crippen LogP contribution >= 0.6 is 0 Å². The first kappa shape index (κ1) is 30.7. The molecule has 0 radical (unpaired) electrons. The fourth-order valence-electron chi connectivity index (χ4n) is 5.15. The van der Waals surface area contributed by atoms with Crippen molar-refractivity contribution in [2.75, 3.05) is 11.9 Å². The number of allylic oxidation sites excluding steroid dienone is 2. The van der Waals surface area contributed by atoms with Crippen LogP contribution in [-0.4, -0.2) is 55.9 Å². The Morgan fingerprint density at radius 3 is 2.31 bits per heavy atom. The number of hydrogen-bond acceptors (Lipinski definition) is 8. The Kier molecular flexibility index (Phi) is 8.48. The topological polar surface area (TPSA) is 131 Å². The molecule has 1 spiro atoms. The Bertz CT molecular complexity index is 1410. The van der Waals surface area contributed by atoms with E-state index < -0.39 is 34.8 Å². The van der Waals surface area contributed by atoms with Crippen molar-refractivity contribution < 1.29 is 29.0 Å². The molecule has 10 heteroatoms. The predicted octanol–water partition coefficient (Wildman–Crippen LogP) is 6.51. The van der Waals surface area contributed by atoms with E-state index in [4.69, 9.17) is 9.47 Å². The molecule has 0 bridgehead atoms. The minimum absolute atomic E-state index is 0.178. The summed E-state index contributed by atoms with van der Waals surface area (Å²) in [5.41, 5.74) is 2.87. The molecule has 2 N–H and O–H groups in total. The lowest BCUT2D eigenvalue weighted by Gasteiger charge is -2.28. The molecule has 10 nitrogen and oxygen atoms in total. The average Bonchev–Trinajstić information content (AvgIpc) is 3.38. The summed E-state index contributed by atoms with van der Waals surface area (Å²) in [4.78, 5) is 46.9. The molecule has 0 unspecified atom stereocenters. The number of unbranched alkanes of at least 4 members (excludes halogenated alkanes) is 2. The highest BCUT2D eigenvalue weighted by molar-refractivity contribution is 5.88. The Balaban J connectivity index is 1.38. The number of carbonyl (C=O) groups excluding carboxylic acids is 2. The first-order valence-corrected chi connectivity index (χ1v) is 14.2. The Labute approximate surface area is 246 Å². The summed E-state index contributed by atoms with van der Waals surface area (Å²) in [6, 6.07) is 3.80. The van der Waals surface area contributed by atoms with Crippen LogP contribution in [0.25, 0.3) is 6.08 Å². The quantitative estimate of drug-likeness (QED) is 0.354. The SMILES string of the molecule is C=C1Nc2ncc(/C=C/CCCCN(C(=O)OC(C)(C)C)C(=O)OC(C)(C)C)cc2[C@@]12Cc1cc(C(=O)O)cnc1C2. The number of nitrogens with zero attached hydrogens (tertiary/aromatic N) is 3. The second-order valence-corrected chi connectivity index (χ2v) is 12.8. The predicted molar refractivity (Wildman–Crippen MR) is 159 cm³/mol. The van der Waals surface area contributed by atoms with Crippen LogP contribution in [0.4, 0.5) is 15.4 Å². The van der Waals surface area contributed by atoms with E-state index in [2.05, 4.69) is 27.9 Å². The summed E-state index contributed by atoms with van der Waals surface area (Å²) in [5, 5.41) is 12.7. The van der Waals surface area contributed by atoms with Gasteiger partial charge in [0.2, 0.25) is 0 Å². The minimum atomic E-state index is -0.994. The minimum Gasteiger partial charge on any atom is -0.478 e. The van der Waals surface area contributed by atoms with Gasteiger partial charge in [0.25, 0.3) is 0 Å². The number of aromatic nitrogens is 2. The van der Waals surface area contributed by atoms with E-state index in [0.717, 1.165) is 51.6 Å². The van der Waals surface area contributed by atoms with Crippen molar-refractivity contribution in [1.29, 1.82) is 0 Å². The molecular formula is C32H40N4O6. The van der Waals surface area contributed by atoms with Crippen LogP contribution in [0.3, 0.4) is 0 Å². The maximum atomic E-state index is 12.7. The van der Waals surface area contributed by atoms with Gasteiger partial charge in [0.05, 0.1) is 5.56 Å². The van der Waals surface area contributed by atoms with Crippen LogP contribution in [0.5, 0.6) is 0 Å². The number of imide groups is 1. The van der Waals surface area contributed by atoms with Gasteiger partial charge >= 0.3 is 18.2 Å². The van der Waals surface area contributed by atoms with E-state index >= 15 is 0 Å². The van der Waals surface area contributed by atoms with Crippen molar-refractivity contribution in [3.63, 3.8) is 0 Å². The zero-order valence-corrected chi connectivity index (χ0v) is 25.2. The molecule has 2 amide bonds. The highest BCUT2D eigenvalue weighted by Gasteiger charge is 2.48. The number of pyridine rings is 2. The molecule has 4 rings (SSSR count). The molecule has 224 valence electrons. The number of amides is 2. The van der Waals surface area contributed by atoms with Crippen molar-refractivity contribution in [3.05, 3.63) is 70.8 Å². The van der Waals surface area contributed by atoms with E-state index in [-0.39, 0.29) is 12.1 Å². The van der Waals surface area contributed by atoms with Crippen LogP contribution < -0.4 is 5.32 Å². The van der Waals surface area contributed by atoms with Crippen molar-refractivity contribution in [1.82, 2.24) is 14.9 Å². The number of aromatic carboxylic acids is 1. The van der Waals surface area contributed by atoms with Gasteiger partial charge in [-0.3, -0.25) is 4.98 Å². The zero-order valence-electron chi connectivity index (χ0n) is 25.2. The Morgan fingerprint density at radius 2 is 1.69 bits per heavy atom. The number of rotatable bonds is 7. The molecule has 0 fully saturated rings. The Hall–Kier alpha value is -4.21. The standard InChI is InChI=1S/C32H40N4O6/c1-20-32(16-22-15-23(27(37)38)19-33-25(22)17-32)24-14-21(18-34-26(24)35-20)12-10-8-9-11-13-36(28(39)41-30(2,3)4)29(40)42-31(5,6)7/h10,12,14-15,18-19H,1,8-9,11,13,16-17H2,2-7H3,(H,34,35)(H,37,38)/b12-10+/t32-/m1/s1. The smallest absolute Gasteiger partial charge is 0.419 e. The van der Waals surface area contributed by atoms with Gasteiger partial charge < -0.3 is 19.9 Å². The molecule has 0 saturated heterocycles. The molecule has 1 atom stereocenters. The lowest BCUT2D eigenvalue weighted by Crippen LogP contribution is -2.44. The van der Waals surface area contributed by atoms with Crippen LogP contribution in [0, 0.1) is 0 Å². The third-order valence-corrected chi connectivity index (χ3v) is 7.08. The third kappa shape index (κ3) is 6.98. The fraction of sp³-hybridized carbons (Fsp3) is 0.469. The van der Waals surface area contributed by atoms with E-state index in [0.29, 0.717) is 19.3 Å². The number of carboxylic acids is 1. The normalized spacial score (nSPS) is 17.6. The highest BCUT2D eigenvalue weighted by Crippen LogP contribution is 2.50. The van der Waals surface area contributed by atoms with Gasteiger partial charge in [-0.15, -0.1) is 0 Å². The van der Waals surface area contributed by atoms with Gasteiger partial charge in [-0.05, 0) is 90.5 Å². The summed E-state index contributed by atoms with van der Waals surface area (Å²) in [6.07, 6.45) is 9.11. The second kappa shape index (κ2) is 11.6. The van der Waals surface area contributed by atoms with Crippen LogP contribution in [0.1, 0.15) is 93.5 Å². The molecule has 3 heterocycles. The Morgan fingerprint density at radius 1 is 1.02 bits per heavy atom. The molecule has 42 heavy (non-hydrogen) atoms. The lowest BCUT2D eigenvalue weighted by atomic mass is 9.78. The summed E-state index contributed by atoms with van der Waals surface area (Å²) in [5.74, 6) is -0.237. The van der Waals surface area contributed by atoms with Crippen LogP contribution in [-0.2, 0) is 27.7 Å². The molecule has 2 aromatic heterocycles. The van der Waals surface area contributed by atoms with E-state index in [1.54, 1.807) is 53.8 Å². The highest BCUT2D eigenvalue weighted by atomic mass is 16.6. The molecule has 2 aliphatic rings. The second-order valence-electron chi connectivity index (χ2n) is 12.8. The molecular weight excluding hydrogens is 536 g/mol.